The van der Waals surface area contributed by atoms with Crippen LogP contribution < -0.4 is 9.47 Å². The highest BCUT2D eigenvalue weighted by molar-refractivity contribution is 7.99. The molecule has 1 aromatic carbocycles. The first-order valence-corrected chi connectivity index (χ1v) is 9.32. The summed E-state index contributed by atoms with van der Waals surface area (Å²) in [6, 6.07) is 7.58. The maximum Gasteiger partial charge on any atom is 0.232 e. The first-order valence-electron chi connectivity index (χ1n) is 8.16. The van der Waals surface area contributed by atoms with E-state index in [9.17, 15) is 4.79 Å². The summed E-state index contributed by atoms with van der Waals surface area (Å²) < 4.78 is 16.7. The zero-order valence-corrected chi connectivity index (χ0v) is 15.5. The third-order valence-electron chi connectivity index (χ3n) is 4.12. The Hall–Kier alpha value is -2.15. The number of aromatic nitrogens is 1. The third kappa shape index (κ3) is 4.28. The van der Waals surface area contributed by atoms with Crippen LogP contribution in [0, 0.1) is 13.8 Å². The van der Waals surface area contributed by atoms with Gasteiger partial charge in [-0.15, -0.1) is 11.8 Å². The molecule has 0 bridgehead atoms. The van der Waals surface area contributed by atoms with Gasteiger partial charge < -0.3 is 18.9 Å². The molecule has 1 unspecified atom stereocenters. The zero-order valence-electron chi connectivity index (χ0n) is 14.7. The van der Waals surface area contributed by atoms with E-state index < -0.39 is 0 Å². The maximum absolute atomic E-state index is 12.3. The van der Waals surface area contributed by atoms with Crippen LogP contribution in [-0.2, 0) is 10.5 Å². The molecular weight excluding hydrogens is 340 g/mol. The first kappa shape index (κ1) is 17.7. The van der Waals surface area contributed by atoms with Gasteiger partial charge in [-0.1, -0.05) is 17.3 Å². The molecule has 6 nitrogen and oxygen atoms in total. The number of thioether (sulfide) groups is 1. The third-order valence-corrected chi connectivity index (χ3v) is 5.07. The SMILES string of the molecule is Cc1noc(C)c1CSCC(=O)N(C)CC1COc2ccccc2O1. The van der Waals surface area contributed by atoms with Crippen molar-refractivity contribution >= 4 is 17.7 Å². The molecule has 2 heterocycles. The molecule has 2 aromatic rings. The van der Waals surface area contributed by atoms with Crippen LogP contribution in [0.25, 0.3) is 0 Å². The Kier molecular flexibility index (Phi) is 5.53. The van der Waals surface area contributed by atoms with Crippen molar-refractivity contribution in [3.8, 4) is 11.5 Å². The molecule has 0 saturated carbocycles. The minimum atomic E-state index is -0.156. The molecule has 1 aliphatic heterocycles. The number of carbonyl (C=O) groups excluding carboxylic acids is 1. The highest BCUT2D eigenvalue weighted by atomic mass is 32.2. The lowest BCUT2D eigenvalue weighted by Crippen LogP contribution is -2.42. The molecule has 1 amide bonds. The fourth-order valence-corrected chi connectivity index (χ4v) is 3.73. The van der Waals surface area contributed by atoms with Gasteiger partial charge in [0.05, 0.1) is 18.0 Å². The van der Waals surface area contributed by atoms with Gasteiger partial charge in [-0.25, -0.2) is 0 Å². The van der Waals surface area contributed by atoms with Gasteiger partial charge in [0, 0.05) is 18.4 Å². The molecule has 0 saturated heterocycles. The predicted molar refractivity (Wildman–Crippen MR) is 96.1 cm³/mol. The summed E-state index contributed by atoms with van der Waals surface area (Å²) >= 11 is 1.56. The van der Waals surface area contributed by atoms with Crippen molar-refractivity contribution in [3.63, 3.8) is 0 Å². The van der Waals surface area contributed by atoms with E-state index in [0.717, 1.165) is 34.3 Å². The fourth-order valence-electron chi connectivity index (χ4n) is 2.62. The van der Waals surface area contributed by atoms with Crippen LogP contribution in [0.5, 0.6) is 11.5 Å². The number of hydrogen-bond acceptors (Lipinski definition) is 6. The van der Waals surface area contributed by atoms with Crippen LogP contribution in [0.3, 0.4) is 0 Å². The molecular formula is C18H22N2O4S. The van der Waals surface area contributed by atoms with Gasteiger partial charge in [-0.05, 0) is 26.0 Å². The highest BCUT2D eigenvalue weighted by Crippen LogP contribution is 2.31. The summed E-state index contributed by atoms with van der Waals surface area (Å²) in [4.78, 5) is 14.0. The second-order valence-electron chi connectivity index (χ2n) is 6.07. The Morgan fingerprint density at radius 3 is 2.80 bits per heavy atom. The molecule has 0 radical (unpaired) electrons. The molecule has 7 heteroatoms. The van der Waals surface area contributed by atoms with Crippen LogP contribution in [0.1, 0.15) is 17.0 Å². The normalized spacial score (nSPS) is 15.9. The van der Waals surface area contributed by atoms with E-state index in [1.54, 1.807) is 23.7 Å². The van der Waals surface area contributed by atoms with Crippen molar-refractivity contribution in [1.29, 1.82) is 0 Å². The van der Waals surface area contributed by atoms with Crippen molar-refractivity contribution < 1.29 is 18.8 Å². The van der Waals surface area contributed by atoms with Gasteiger partial charge in [0.2, 0.25) is 5.91 Å². The van der Waals surface area contributed by atoms with E-state index in [2.05, 4.69) is 5.16 Å². The topological polar surface area (TPSA) is 64.8 Å². The maximum atomic E-state index is 12.3. The van der Waals surface area contributed by atoms with E-state index in [4.69, 9.17) is 14.0 Å². The highest BCUT2D eigenvalue weighted by Gasteiger charge is 2.23. The predicted octanol–water partition coefficient (Wildman–Crippen LogP) is 2.82. The largest absolute Gasteiger partial charge is 0.486 e. The van der Waals surface area contributed by atoms with Crippen LogP contribution >= 0.6 is 11.8 Å². The fraction of sp³-hybridized carbons (Fsp3) is 0.444. The van der Waals surface area contributed by atoms with Crippen LogP contribution in [-0.4, -0.2) is 48.0 Å². The summed E-state index contributed by atoms with van der Waals surface area (Å²) in [7, 11) is 1.79. The number of rotatable bonds is 6. The number of hydrogen-bond donors (Lipinski definition) is 0. The molecule has 1 aromatic heterocycles. The Morgan fingerprint density at radius 1 is 1.32 bits per heavy atom. The van der Waals surface area contributed by atoms with Gasteiger partial charge in [-0.2, -0.15) is 0 Å². The molecule has 1 aliphatic rings. The molecule has 0 fully saturated rings. The standard InChI is InChI=1S/C18H22N2O4S/c1-12-15(13(2)24-19-12)10-25-11-18(21)20(3)8-14-9-22-16-6-4-5-7-17(16)23-14/h4-7,14H,8-11H2,1-3H3. The van der Waals surface area contributed by atoms with E-state index in [1.807, 2.05) is 38.1 Å². The van der Waals surface area contributed by atoms with Gasteiger partial charge in [0.25, 0.3) is 0 Å². The van der Waals surface area contributed by atoms with E-state index >= 15 is 0 Å². The van der Waals surface area contributed by atoms with E-state index in [-0.39, 0.29) is 12.0 Å². The average molecular weight is 362 g/mol. The summed E-state index contributed by atoms with van der Waals surface area (Å²) in [5.74, 6) is 3.49. The van der Waals surface area contributed by atoms with Crippen LogP contribution in [0.15, 0.2) is 28.8 Å². The monoisotopic (exact) mass is 362 g/mol. The number of benzene rings is 1. The van der Waals surface area contributed by atoms with E-state index in [0.29, 0.717) is 18.9 Å². The van der Waals surface area contributed by atoms with Crippen molar-refractivity contribution in [2.24, 2.45) is 0 Å². The molecule has 1 atom stereocenters. The van der Waals surface area contributed by atoms with Gasteiger partial charge in [0.15, 0.2) is 17.6 Å². The Labute approximate surface area is 151 Å². The molecule has 25 heavy (non-hydrogen) atoms. The lowest BCUT2D eigenvalue weighted by Gasteiger charge is -2.29. The molecule has 3 rings (SSSR count). The van der Waals surface area contributed by atoms with Crippen molar-refractivity contribution in [2.45, 2.75) is 25.7 Å². The smallest absolute Gasteiger partial charge is 0.232 e. The van der Waals surface area contributed by atoms with Crippen molar-refractivity contribution in [2.75, 3.05) is 26.0 Å². The number of carbonyl (C=O) groups is 1. The summed E-state index contributed by atoms with van der Waals surface area (Å²) in [6.07, 6.45) is -0.156. The second kappa shape index (κ2) is 7.82. The van der Waals surface area contributed by atoms with Crippen LogP contribution in [0.4, 0.5) is 0 Å². The van der Waals surface area contributed by atoms with Gasteiger partial charge in [0.1, 0.15) is 12.4 Å². The second-order valence-corrected chi connectivity index (χ2v) is 7.05. The van der Waals surface area contributed by atoms with Crippen molar-refractivity contribution in [3.05, 3.63) is 41.3 Å². The van der Waals surface area contributed by atoms with Crippen LogP contribution in [0.2, 0.25) is 0 Å². The Morgan fingerprint density at radius 2 is 2.08 bits per heavy atom. The number of likely N-dealkylation sites (N-methyl/N-ethyl adjacent to an activating group) is 1. The minimum absolute atomic E-state index is 0.0687. The quantitative estimate of drug-likeness (QED) is 0.787. The minimum Gasteiger partial charge on any atom is -0.486 e. The van der Waals surface area contributed by atoms with Gasteiger partial charge >= 0.3 is 0 Å². The number of ether oxygens (including phenoxy) is 2. The average Bonchev–Trinajstić information content (AvgIpc) is 2.93. The number of aryl methyl sites for hydroxylation is 2. The molecule has 0 aliphatic carbocycles. The number of amides is 1. The first-order chi connectivity index (χ1) is 12.0. The Bertz CT molecular complexity index is 727. The summed E-state index contributed by atoms with van der Waals surface area (Å²) in [6.45, 7) is 4.75. The summed E-state index contributed by atoms with van der Waals surface area (Å²) in [5, 5.41) is 3.93. The zero-order chi connectivity index (χ0) is 17.8. The Balaban J connectivity index is 1.45. The molecule has 134 valence electrons. The van der Waals surface area contributed by atoms with E-state index in [1.165, 1.54) is 0 Å². The van der Waals surface area contributed by atoms with Crippen molar-refractivity contribution in [1.82, 2.24) is 10.1 Å². The summed E-state index contributed by atoms with van der Waals surface area (Å²) in [5.41, 5.74) is 1.96. The number of para-hydroxylation sites is 2. The molecule has 0 N–H and O–H groups in total. The molecule has 0 spiro atoms. The number of fused-ring (bicyclic) bond motifs is 1. The lowest BCUT2D eigenvalue weighted by atomic mass is 10.2. The lowest BCUT2D eigenvalue weighted by molar-refractivity contribution is -0.128. The van der Waals surface area contributed by atoms with Gasteiger partial charge in [-0.3, -0.25) is 4.79 Å². The number of nitrogens with zero attached hydrogens (tertiary/aromatic N) is 2.